The molecule has 1 aromatic carbocycles. The molecular weight excluding hydrogens is 462 g/mol. The number of furan rings is 1. The topological polar surface area (TPSA) is 116 Å². The second kappa shape index (κ2) is 11.4. The average molecular weight is 496 g/mol. The van der Waals surface area contributed by atoms with Gasteiger partial charge in [-0.1, -0.05) is 18.2 Å². The van der Waals surface area contributed by atoms with E-state index in [4.69, 9.17) is 9.15 Å². The highest BCUT2D eigenvalue weighted by Gasteiger charge is 2.36. The number of ether oxygens (including phenoxy) is 1. The van der Waals surface area contributed by atoms with E-state index in [0.717, 1.165) is 16.8 Å². The number of urea groups is 1. The summed E-state index contributed by atoms with van der Waals surface area (Å²) in [5.41, 5.74) is 3.78. The van der Waals surface area contributed by atoms with Crippen LogP contribution in [0.3, 0.4) is 0 Å². The van der Waals surface area contributed by atoms with Crippen LogP contribution < -0.4 is 16.0 Å². The molecule has 0 bridgehead atoms. The third-order valence-corrected chi connectivity index (χ3v) is 6.44. The Morgan fingerprint density at radius 3 is 2.42 bits per heavy atom. The van der Waals surface area contributed by atoms with Crippen molar-refractivity contribution in [2.75, 3.05) is 51.2 Å². The summed E-state index contributed by atoms with van der Waals surface area (Å²) < 4.78 is 10.8. The maximum Gasteiger partial charge on any atom is 0.338 e. The first kappa shape index (κ1) is 25.5. The summed E-state index contributed by atoms with van der Waals surface area (Å²) in [4.78, 5) is 42.2. The van der Waals surface area contributed by atoms with Gasteiger partial charge in [-0.05, 0) is 44.0 Å². The summed E-state index contributed by atoms with van der Waals surface area (Å²) in [6, 6.07) is 8.24. The maximum absolute atomic E-state index is 12.8. The van der Waals surface area contributed by atoms with Gasteiger partial charge < -0.3 is 25.1 Å². The quantitative estimate of drug-likeness (QED) is 0.482. The van der Waals surface area contributed by atoms with Gasteiger partial charge in [0, 0.05) is 44.1 Å². The summed E-state index contributed by atoms with van der Waals surface area (Å²) in [6.45, 7) is 9.36. The highest BCUT2D eigenvalue weighted by atomic mass is 16.5. The molecule has 2 aromatic rings. The molecule has 10 nitrogen and oxygen atoms in total. The fourth-order valence-electron chi connectivity index (χ4n) is 4.58. The number of carbonyl (C=O) groups excluding carboxylic acids is 3. The van der Waals surface area contributed by atoms with E-state index in [0.29, 0.717) is 56.3 Å². The molecule has 1 aromatic heterocycles. The predicted molar refractivity (Wildman–Crippen MR) is 134 cm³/mol. The molecule has 36 heavy (non-hydrogen) atoms. The van der Waals surface area contributed by atoms with Crippen molar-refractivity contribution in [1.82, 2.24) is 20.4 Å². The molecule has 3 N–H and O–H groups in total. The van der Waals surface area contributed by atoms with Gasteiger partial charge in [-0.3, -0.25) is 14.6 Å². The number of anilines is 1. The number of aryl methyl sites for hydroxylation is 2. The van der Waals surface area contributed by atoms with E-state index in [2.05, 4.69) is 25.8 Å². The molecule has 3 heterocycles. The molecule has 2 aliphatic rings. The lowest BCUT2D eigenvalue weighted by atomic mass is 9.99. The van der Waals surface area contributed by atoms with Crippen molar-refractivity contribution in [3.05, 3.63) is 64.8 Å². The van der Waals surface area contributed by atoms with Crippen LogP contribution in [-0.4, -0.2) is 73.6 Å². The lowest BCUT2D eigenvalue weighted by Crippen LogP contribution is -2.52. The third kappa shape index (κ3) is 5.95. The number of piperazine rings is 1. The number of benzene rings is 1. The van der Waals surface area contributed by atoms with E-state index in [9.17, 15) is 14.4 Å². The van der Waals surface area contributed by atoms with Gasteiger partial charge in [0.15, 0.2) is 0 Å². The first-order valence-corrected chi connectivity index (χ1v) is 12.2. The van der Waals surface area contributed by atoms with Gasteiger partial charge in [0.1, 0.15) is 11.8 Å². The number of nitrogens with zero attached hydrogens (tertiary/aromatic N) is 2. The van der Waals surface area contributed by atoms with Crippen LogP contribution in [0.1, 0.15) is 29.9 Å². The Hall–Kier alpha value is -3.63. The molecule has 1 atom stereocenters. The van der Waals surface area contributed by atoms with Gasteiger partial charge in [-0.2, -0.15) is 0 Å². The van der Waals surface area contributed by atoms with Crippen molar-refractivity contribution in [2.24, 2.45) is 0 Å². The van der Waals surface area contributed by atoms with E-state index in [1.54, 1.807) is 19.1 Å². The van der Waals surface area contributed by atoms with Crippen LogP contribution >= 0.6 is 0 Å². The van der Waals surface area contributed by atoms with E-state index in [1.165, 1.54) is 6.26 Å². The molecule has 0 spiro atoms. The fraction of sp³-hybridized carbons (Fsp3) is 0.423. The number of hydrogen-bond acceptors (Lipinski definition) is 7. The van der Waals surface area contributed by atoms with Crippen LogP contribution in [-0.2, 0) is 14.3 Å². The zero-order valence-corrected chi connectivity index (χ0v) is 20.9. The van der Waals surface area contributed by atoms with E-state index in [1.807, 2.05) is 32.0 Å². The summed E-state index contributed by atoms with van der Waals surface area (Å²) in [7, 11) is 0. The second-order valence-electron chi connectivity index (χ2n) is 9.03. The summed E-state index contributed by atoms with van der Waals surface area (Å²) >= 11 is 0. The molecule has 0 radical (unpaired) electrons. The normalized spacial score (nSPS) is 19.0. The Morgan fingerprint density at radius 1 is 1.08 bits per heavy atom. The van der Waals surface area contributed by atoms with Gasteiger partial charge in [0.2, 0.25) is 5.91 Å². The minimum absolute atomic E-state index is 0.0416. The molecule has 10 heteroatoms. The molecule has 192 valence electrons. The van der Waals surface area contributed by atoms with Gasteiger partial charge in [0.25, 0.3) is 0 Å². The first-order valence-electron chi connectivity index (χ1n) is 12.2. The Labute approximate surface area is 210 Å². The number of nitrogens with one attached hydrogen (secondary N) is 3. The molecule has 1 fully saturated rings. The number of para-hydroxylation sites is 1. The Balaban J connectivity index is 1.39. The van der Waals surface area contributed by atoms with Gasteiger partial charge in [-0.25, -0.2) is 9.59 Å². The number of rotatable bonds is 8. The summed E-state index contributed by atoms with van der Waals surface area (Å²) in [5.74, 6) is -0.0756. The van der Waals surface area contributed by atoms with Crippen molar-refractivity contribution >= 4 is 23.6 Å². The molecule has 1 unspecified atom stereocenters. The number of carbonyl (C=O) groups is 3. The Morgan fingerprint density at radius 2 is 1.78 bits per heavy atom. The van der Waals surface area contributed by atoms with Crippen molar-refractivity contribution in [1.29, 1.82) is 0 Å². The SMILES string of the molecule is CCOC(=O)C1=C(CN2CCN(CC(=O)Nc3c(C)cccc3C)CC2)NC(=O)NC1c1ccco1. The van der Waals surface area contributed by atoms with Crippen molar-refractivity contribution in [2.45, 2.75) is 26.8 Å². The third-order valence-electron chi connectivity index (χ3n) is 6.44. The minimum atomic E-state index is -0.724. The van der Waals surface area contributed by atoms with Crippen molar-refractivity contribution in [3.63, 3.8) is 0 Å². The number of amides is 3. The number of esters is 1. The Bertz CT molecular complexity index is 1120. The molecule has 3 amide bonds. The number of hydrogen-bond donors (Lipinski definition) is 3. The molecular formula is C26H33N5O5. The van der Waals surface area contributed by atoms with Crippen molar-refractivity contribution in [3.8, 4) is 0 Å². The van der Waals surface area contributed by atoms with Gasteiger partial charge in [0.05, 0.1) is 25.0 Å². The molecule has 4 rings (SSSR count). The molecule has 0 saturated carbocycles. The largest absolute Gasteiger partial charge is 0.467 e. The lowest BCUT2D eigenvalue weighted by molar-refractivity contribution is -0.139. The standard InChI is InChI=1S/C26H33N5O5/c1-4-35-25(33)22-19(27-26(34)29-24(22)20-9-6-14-36-20)15-30-10-12-31(13-11-30)16-21(32)28-23-17(2)7-5-8-18(23)3/h5-9,14,24H,4,10-13,15-16H2,1-3H3,(H,28,32)(H2,27,29,34). The average Bonchev–Trinajstić information content (AvgIpc) is 3.37. The van der Waals surface area contributed by atoms with Crippen LogP contribution in [0.2, 0.25) is 0 Å². The monoisotopic (exact) mass is 495 g/mol. The highest BCUT2D eigenvalue weighted by Crippen LogP contribution is 2.28. The summed E-state index contributed by atoms with van der Waals surface area (Å²) in [6.07, 6.45) is 1.50. The minimum Gasteiger partial charge on any atom is -0.467 e. The lowest BCUT2D eigenvalue weighted by Gasteiger charge is -2.36. The molecule has 1 saturated heterocycles. The highest BCUT2D eigenvalue weighted by molar-refractivity contribution is 5.95. The first-order chi connectivity index (χ1) is 17.4. The second-order valence-corrected chi connectivity index (χ2v) is 9.03. The van der Waals surface area contributed by atoms with Gasteiger partial charge in [-0.15, -0.1) is 0 Å². The van der Waals surface area contributed by atoms with Crippen LogP contribution in [0.25, 0.3) is 0 Å². The smallest absolute Gasteiger partial charge is 0.338 e. The summed E-state index contributed by atoms with van der Waals surface area (Å²) in [5, 5.41) is 8.59. The zero-order valence-electron chi connectivity index (χ0n) is 20.9. The zero-order chi connectivity index (χ0) is 25.7. The van der Waals surface area contributed by atoms with Gasteiger partial charge >= 0.3 is 12.0 Å². The maximum atomic E-state index is 12.8. The molecule has 0 aliphatic carbocycles. The van der Waals surface area contributed by atoms with Crippen LogP contribution in [0.4, 0.5) is 10.5 Å². The van der Waals surface area contributed by atoms with Crippen LogP contribution in [0.15, 0.2) is 52.3 Å². The van der Waals surface area contributed by atoms with E-state index in [-0.39, 0.29) is 12.5 Å². The fourth-order valence-corrected chi connectivity index (χ4v) is 4.58. The van der Waals surface area contributed by atoms with E-state index >= 15 is 0 Å². The molecule has 2 aliphatic heterocycles. The van der Waals surface area contributed by atoms with Crippen molar-refractivity contribution < 1.29 is 23.5 Å². The van der Waals surface area contributed by atoms with Crippen LogP contribution in [0.5, 0.6) is 0 Å². The Kier molecular flexibility index (Phi) is 8.07. The predicted octanol–water partition coefficient (Wildman–Crippen LogP) is 2.32. The van der Waals surface area contributed by atoms with Crippen LogP contribution in [0, 0.1) is 13.8 Å². The van der Waals surface area contributed by atoms with E-state index < -0.39 is 18.0 Å².